The molecule has 78 valence electrons. The van der Waals surface area contributed by atoms with Crippen molar-refractivity contribution in [1.29, 1.82) is 0 Å². The molecule has 0 fully saturated rings. The molecule has 0 aliphatic carbocycles. The van der Waals surface area contributed by atoms with Crippen molar-refractivity contribution in [2.45, 2.75) is 33.7 Å². The van der Waals surface area contributed by atoms with Crippen LogP contribution in [0.2, 0.25) is 0 Å². The lowest BCUT2D eigenvalue weighted by Crippen LogP contribution is -2.21. The number of halogens is 1. The van der Waals surface area contributed by atoms with E-state index in [1.165, 1.54) is 0 Å². The van der Waals surface area contributed by atoms with Crippen molar-refractivity contribution < 1.29 is 0 Å². The quantitative estimate of drug-likeness (QED) is 0.703. The van der Waals surface area contributed by atoms with Gasteiger partial charge >= 0.3 is 0 Å². The van der Waals surface area contributed by atoms with Gasteiger partial charge < -0.3 is 0 Å². The average molecular weight is 258 g/mol. The van der Waals surface area contributed by atoms with Crippen LogP contribution in [0.3, 0.4) is 0 Å². The van der Waals surface area contributed by atoms with E-state index in [0.29, 0.717) is 6.04 Å². The van der Waals surface area contributed by atoms with Crippen molar-refractivity contribution in [2.24, 2.45) is 4.99 Å². The largest absolute Gasteiger partial charge is 0.286 e. The lowest BCUT2D eigenvalue weighted by atomic mass is 10.2. The molecule has 1 aliphatic heterocycles. The first-order valence-corrected chi connectivity index (χ1v) is 5.74. The second-order valence-electron chi connectivity index (χ2n) is 3.07. The Morgan fingerprint density at radius 3 is 2.71 bits per heavy atom. The lowest BCUT2D eigenvalue weighted by Gasteiger charge is -2.18. The molecule has 0 radical (unpaired) electrons. The highest BCUT2D eigenvalue weighted by Crippen LogP contribution is 2.20. The summed E-state index contributed by atoms with van der Waals surface area (Å²) in [5, 5.41) is 4.34. The van der Waals surface area contributed by atoms with Crippen LogP contribution in [-0.4, -0.2) is 22.0 Å². The molecule has 1 aromatic rings. The Morgan fingerprint density at radius 2 is 2.14 bits per heavy atom. The maximum atomic E-state index is 4.40. The summed E-state index contributed by atoms with van der Waals surface area (Å²) in [6.45, 7) is 8.98. The zero-order valence-corrected chi connectivity index (χ0v) is 10.7. The predicted molar refractivity (Wildman–Crippen MR) is 63.1 cm³/mol. The number of nitrogens with zero attached hydrogens (tertiary/aromatic N) is 3. The number of rotatable bonds is 0. The molecular formula is C10H16BrN3. The number of fused-ring (bicyclic) bond motifs is 1. The molecule has 0 spiro atoms. The molecule has 1 unspecified atom stereocenters. The highest BCUT2D eigenvalue weighted by atomic mass is 79.9. The van der Waals surface area contributed by atoms with Crippen LogP contribution in [0.1, 0.15) is 39.4 Å². The smallest absolute Gasteiger partial charge is 0.128 e. The molecule has 2 heterocycles. The molecule has 1 atom stereocenters. The van der Waals surface area contributed by atoms with Crippen LogP contribution in [0.5, 0.6) is 0 Å². The minimum absolute atomic E-state index is 0.384. The van der Waals surface area contributed by atoms with Gasteiger partial charge in [0.15, 0.2) is 0 Å². The fourth-order valence-corrected chi connectivity index (χ4v) is 1.79. The van der Waals surface area contributed by atoms with Crippen LogP contribution in [-0.2, 0) is 0 Å². The Kier molecular flexibility index (Phi) is 3.86. The summed E-state index contributed by atoms with van der Waals surface area (Å²) in [6.07, 6.45) is 0. The van der Waals surface area contributed by atoms with Gasteiger partial charge in [-0.1, -0.05) is 13.8 Å². The van der Waals surface area contributed by atoms with Crippen LogP contribution in [0.25, 0.3) is 0 Å². The first-order valence-electron chi connectivity index (χ1n) is 4.95. The molecule has 1 aliphatic rings. The minimum Gasteiger partial charge on any atom is -0.286 e. The van der Waals surface area contributed by atoms with Crippen molar-refractivity contribution in [3.63, 3.8) is 0 Å². The first kappa shape index (κ1) is 11.4. The van der Waals surface area contributed by atoms with Crippen LogP contribution in [0, 0.1) is 0 Å². The second-order valence-corrected chi connectivity index (χ2v) is 3.88. The van der Waals surface area contributed by atoms with E-state index in [4.69, 9.17) is 0 Å². The van der Waals surface area contributed by atoms with Gasteiger partial charge in [-0.05, 0) is 35.8 Å². The van der Waals surface area contributed by atoms with Gasteiger partial charge in [0.05, 0.1) is 24.0 Å². The summed E-state index contributed by atoms with van der Waals surface area (Å²) in [5.74, 6) is 0. The molecule has 2 rings (SSSR count). The van der Waals surface area contributed by atoms with Crippen LogP contribution in [0.15, 0.2) is 15.7 Å². The highest BCUT2D eigenvalue weighted by molar-refractivity contribution is 9.10. The lowest BCUT2D eigenvalue weighted by molar-refractivity contribution is 0.485. The fourth-order valence-electron chi connectivity index (χ4n) is 1.40. The number of aromatic nitrogens is 2. The van der Waals surface area contributed by atoms with Crippen LogP contribution >= 0.6 is 15.9 Å². The van der Waals surface area contributed by atoms with Crippen molar-refractivity contribution in [1.82, 2.24) is 9.78 Å². The number of hydrogen-bond acceptors (Lipinski definition) is 2. The van der Waals surface area contributed by atoms with Crippen molar-refractivity contribution in [2.75, 3.05) is 6.54 Å². The third-order valence-corrected chi connectivity index (χ3v) is 2.47. The van der Waals surface area contributed by atoms with E-state index in [1.54, 1.807) is 0 Å². The molecule has 0 saturated heterocycles. The summed E-state index contributed by atoms with van der Waals surface area (Å²) >= 11 is 3.36. The SMILES string of the molecule is CC.CC1=NCC(C)n2nc(Br)cc21. The van der Waals surface area contributed by atoms with E-state index < -0.39 is 0 Å². The van der Waals surface area contributed by atoms with Crippen molar-refractivity contribution >= 4 is 21.6 Å². The summed E-state index contributed by atoms with van der Waals surface area (Å²) in [7, 11) is 0. The monoisotopic (exact) mass is 257 g/mol. The minimum atomic E-state index is 0.384. The summed E-state index contributed by atoms with van der Waals surface area (Å²) in [5.41, 5.74) is 2.20. The van der Waals surface area contributed by atoms with E-state index >= 15 is 0 Å². The van der Waals surface area contributed by atoms with Crippen LogP contribution in [0.4, 0.5) is 0 Å². The van der Waals surface area contributed by atoms with E-state index in [-0.39, 0.29) is 0 Å². The summed E-state index contributed by atoms with van der Waals surface area (Å²) in [6, 6.07) is 2.39. The number of hydrogen-bond donors (Lipinski definition) is 0. The van der Waals surface area contributed by atoms with Crippen LogP contribution < -0.4 is 0 Å². The van der Waals surface area contributed by atoms with E-state index in [1.807, 2.05) is 31.5 Å². The first-order chi connectivity index (χ1) is 6.68. The van der Waals surface area contributed by atoms with Gasteiger partial charge in [-0.2, -0.15) is 5.10 Å². The standard InChI is InChI=1S/C8H10BrN3.C2H6/c1-5-4-10-6(2)7-3-8(9)11-12(5)7;1-2/h3,5H,4H2,1-2H3;1-2H3. The zero-order chi connectivity index (χ0) is 10.7. The molecule has 4 heteroatoms. The highest BCUT2D eigenvalue weighted by Gasteiger charge is 2.18. The maximum absolute atomic E-state index is 4.40. The van der Waals surface area contributed by atoms with Gasteiger partial charge in [-0.25, -0.2) is 0 Å². The Labute approximate surface area is 93.4 Å². The topological polar surface area (TPSA) is 30.2 Å². The van der Waals surface area contributed by atoms with Gasteiger partial charge in [0.1, 0.15) is 4.60 Å². The third kappa shape index (κ3) is 2.05. The second kappa shape index (κ2) is 4.73. The van der Waals surface area contributed by atoms with Gasteiger partial charge in [-0.15, -0.1) is 0 Å². The molecule has 0 bridgehead atoms. The van der Waals surface area contributed by atoms with Gasteiger partial charge in [-0.3, -0.25) is 9.67 Å². The molecule has 0 amide bonds. The molecule has 3 nitrogen and oxygen atoms in total. The Bertz CT molecular complexity index is 341. The Balaban J connectivity index is 0.000000461. The summed E-state index contributed by atoms with van der Waals surface area (Å²) < 4.78 is 2.91. The molecule has 0 saturated carbocycles. The van der Waals surface area contributed by atoms with E-state index in [2.05, 4.69) is 32.9 Å². The molecule has 14 heavy (non-hydrogen) atoms. The number of aliphatic imine (C=N–C) groups is 1. The average Bonchev–Trinajstić information content (AvgIpc) is 2.58. The third-order valence-electron chi connectivity index (χ3n) is 2.09. The predicted octanol–water partition coefficient (Wildman–Crippen LogP) is 3.06. The normalized spacial score (nSPS) is 19.2. The van der Waals surface area contributed by atoms with Gasteiger partial charge in [0.25, 0.3) is 0 Å². The molecule has 0 aromatic carbocycles. The Hall–Kier alpha value is -0.640. The molecule has 1 aromatic heterocycles. The van der Waals surface area contributed by atoms with Gasteiger partial charge in [0.2, 0.25) is 0 Å². The fraction of sp³-hybridized carbons (Fsp3) is 0.600. The van der Waals surface area contributed by atoms with Gasteiger partial charge in [0, 0.05) is 0 Å². The summed E-state index contributed by atoms with van der Waals surface area (Å²) in [4.78, 5) is 4.40. The van der Waals surface area contributed by atoms with Crippen molar-refractivity contribution in [3.05, 3.63) is 16.4 Å². The molecule has 0 N–H and O–H groups in total. The Morgan fingerprint density at radius 1 is 1.50 bits per heavy atom. The van der Waals surface area contributed by atoms with E-state index in [9.17, 15) is 0 Å². The maximum Gasteiger partial charge on any atom is 0.128 e. The van der Waals surface area contributed by atoms with Crippen molar-refractivity contribution in [3.8, 4) is 0 Å². The zero-order valence-electron chi connectivity index (χ0n) is 9.08. The van der Waals surface area contributed by atoms with E-state index in [0.717, 1.165) is 22.6 Å². The molecular weight excluding hydrogens is 242 g/mol.